The van der Waals surface area contributed by atoms with Crippen LogP contribution in [0.4, 0.5) is 4.39 Å². The fourth-order valence-electron chi connectivity index (χ4n) is 1.73. The van der Waals surface area contributed by atoms with E-state index in [1.807, 2.05) is 7.05 Å². The van der Waals surface area contributed by atoms with Crippen molar-refractivity contribution in [2.24, 2.45) is 0 Å². The van der Waals surface area contributed by atoms with Gasteiger partial charge in [0.2, 0.25) is 0 Å². The summed E-state index contributed by atoms with van der Waals surface area (Å²) >= 11 is 9.16. The van der Waals surface area contributed by atoms with E-state index in [1.54, 1.807) is 6.07 Å². The van der Waals surface area contributed by atoms with Crippen LogP contribution in [0.3, 0.4) is 0 Å². The Bertz CT molecular complexity index is 358. The molecule has 0 radical (unpaired) electrons. The molecule has 0 aliphatic heterocycles. The van der Waals surface area contributed by atoms with Crippen molar-refractivity contribution < 1.29 is 4.39 Å². The summed E-state index contributed by atoms with van der Waals surface area (Å²) in [6.45, 7) is 1.05. The fourth-order valence-corrected chi connectivity index (χ4v) is 2.23. The number of hydrogen-bond acceptors (Lipinski definition) is 1. The first kappa shape index (κ1) is 14.9. The van der Waals surface area contributed by atoms with Crippen LogP contribution in [0.1, 0.15) is 31.2 Å². The highest BCUT2D eigenvalue weighted by Gasteiger charge is 2.06. The van der Waals surface area contributed by atoms with E-state index < -0.39 is 0 Å². The van der Waals surface area contributed by atoms with Gasteiger partial charge in [-0.2, -0.15) is 0 Å². The van der Waals surface area contributed by atoms with E-state index in [4.69, 9.17) is 11.6 Å². The van der Waals surface area contributed by atoms with E-state index in [-0.39, 0.29) is 5.82 Å². The monoisotopic (exact) mass is 321 g/mol. The summed E-state index contributed by atoms with van der Waals surface area (Å²) in [5, 5.41) is 3.70. The van der Waals surface area contributed by atoms with Gasteiger partial charge in [-0.25, -0.2) is 4.39 Å². The minimum atomic E-state index is -0.170. The molecule has 4 heteroatoms. The van der Waals surface area contributed by atoms with Gasteiger partial charge in [0, 0.05) is 4.47 Å². The standard InChI is InChI=1S/C13H18BrClFN/c1-17-7-5-3-2-4-6-10-8-12(15)11(14)9-13(10)16/h8-9,17H,2-7H2,1H3. The van der Waals surface area contributed by atoms with Gasteiger partial charge in [-0.3, -0.25) is 0 Å². The van der Waals surface area contributed by atoms with Gasteiger partial charge in [-0.1, -0.05) is 24.4 Å². The molecule has 0 bridgehead atoms. The zero-order valence-electron chi connectivity index (χ0n) is 10.0. The highest BCUT2D eigenvalue weighted by atomic mass is 79.9. The SMILES string of the molecule is CNCCCCCCc1cc(Cl)c(Br)cc1F. The third-order valence-corrected chi connectivity index (χ3v) is 3.91. The third-order valence-electron chi connectivity index (χ3n) is 2.71. The van der Waals surface area contributed by atoms with Crippen LogP contribution < -0.4 is 5.32 Å². The molecule has 1 aromatic carbocycles. The van der Waals surface area contributed by atoms with Crippen molar-refractivity contribution in [1.29, 1.82) is 0 Å². The van der Waals surface area contributed by atoms with Gasteiger partial charge >= 0.3 is 0 Å². The lowest BCUT2D eigenvalue weighted by Gasteiger charge is -2.05. The van der Waals surface area contributed by atoms with Crippen molar-refractivity contribution in [3.63, 3.8) is 0 Å². The molecule has 0 heterocycles. The zero-order chi connectivity index (χ0) is 12.7. The lowest BCUT2D eigenvalue weighted by molar-refractivity contribution is 0.583. The average Bonchev–Trinajstić information content (AvgIpc) is 2.30. The number of aryl methyl sites for hydroxylation is 1. The van der Waals surface area contributed by atoms with Crippen molar-refractivity contribution in [2.45, 2.75) is 32.1 Å². The van der Waals surface area contributed by atoms with E-state index >= 15 is 0 Å². The van der Waals surface area contributed by atoms with Gasteiger partial charge < -0.3 is 5.32 Å². The fraction of sp³-hybridized carbons (Fsp3) is 0.538. The summed E-state index contributed by atoms with van der Waals surface area (Å²) in [5.74, 6) is -0.170. The molecule has 1 N–H and O–H groups in total. The number of unbranched alkanes of at least 4 members (excludes halogenated alkanes) is 3. The van der Waals surface area contributed by atoms with Crippen molar-refractivity contribution in [3.8, 4) is 0 Å². The number of benzene rings is 1. The molecule has 0 aliphatic carbocycles. The summed E-state index contributed by atoms with van der Waals surface area (Å²) in [7, 11) is 1.96. The Labute approximate surface area is 116 Å². The molecule has 0 saturated heterocycles. The molecule has 0 aromatic heterocycles. The Hall–Kier alpha value is -0.120. The summed E-state index contributed by atoms with van der Waals surface area (Å²) in [5.41, 5.74) is 0.715. The molecule has 0 spiro atoms. The summed E-state index contributed by atoms with van der Waals surface area (Å²) in [4.78, 5) is 0. The Kier molecular flexibility index (Phi) is 7.09. The van der Waals surface area contributed by atoms with Crippen LogP contribution >= 0.6 is 27.5 Å². The normalized spacial score (nSPS) is 10.8. The second kappa shape index (κ2) is 8.06. The second-order valence-electron chi connectivity index (χ2n) is 4.13. The van der Waals surface area contributed by atoms with Crippen LogP contribution in [0.2, 0.25) is 5.02 Å². The van der Waals surface area contributed by atoms with Crippen molar-refractivity contribution in [2.75, 3.05) is 13.6 Å². The van der Waals surface area contributed by atoms with Crippen LogP contribution in [0.15, 0.2) is 16.6 Å². The van der Waals surface area contributed by atoms with Crippen molar-refractivity contribution in [3.05, 3.63) is 33.0 Å². The predicted octanol–water partition coefficient (Wildman–Crippen LogP) is 4.56. The van der Waals surface area contributed by atoms with Crippen molar-refractivity contribution >= 4 is 27.5 Å². The van der Waals surface area contributed by atoms with Gasteiger partial charge in [0.05, 0.1) is 5.02 Å². The minimum Gasteiger partial charge on any atom is -0.320 e. The molecule has 1 rings (SSSR count). The Balaban J connectivity index is 2.34. The Morgan fingerprint density at radius 2 is 1.94 bits per heavy atom. The molecular formula is C13H18BrClFN. The van der Waals surface area contributed by atoms with Crippen molar-refractivity contribution in [1.82, 2.24) is 5.32 Å². The topological polar surface area (TPSA) is 12.0 Å². The smallest absolute Gasteiger partial charge is 0.127 e. The molecule has 0 amide bonds. The molecule has 0 aliphatic rings. The van der Waals surface area contributed by atoms with Gasteiger partial charge in [0.25, 0.3) is 0 Å². The first-order chi connectivity index (χ1) is 8.15. The highest BCUT2D eigenvalue weighted by Crippen LogP contribution is 2.26. The molecule has 17 heavy (non-hydrogen) atoms. The molecule has 1 aromatic rings. The molecule has 0 saturated carbocycles. The first-order valence-electron chi connectivity index (χ1n) is 5.93. The maximum atomic E-state index is 13.6. The van der Waals surface area contributed by atoms with E-state index in [0.717, 1.165) is 25.8 Å². The van der Waals surface area contributed by atoms with Crippen LogP contribution in [0.5, 0.6) is 0 Å². The second-order valence-corrected chi connectivity index (χ2v) is 5.39. The third kappa shape index (κ3) is 5.36. The van der Waals surface area contributed by atoms with E-state index in [0.29, 0.717) is 15.1 Å². The number of hydrogen-bond donors (Lipinski definition) is 1. The van der Waals surface area contributed by atoms with Crippen LogP contribution in [0, 0.1) is 5.82 Å². The highest BCUT2D eigenvalue weighted by molar-refractivity contribution is 9.10. The number of halogens is 3. The van der Waals surface area contributed by atoms with Gasteiger partial charge in [0.1, 0.15) is 5.82 Å². The molecule has 96 valence electrons. The van der Waals surface area contributed by atoms with Gasteiger partial charge in [-0.05, 0) is 66.5 Å². The predicted molar refractivity (Wildman–Crippen MR) is 75.2 cm³/mol. The molecule has 0 atom stereocenters. The van der Waals surface area contributed by atoms with Crippen LogP contribution in [0.25, 0.3) is 0 Å². The summed E-state index contributed by atoms with van der Waals surface area (Å²) < 4.78 is 14.2. The maximum Gasteiger partial charge on any atom is 0.127 e. The largest absolute Gasteiger partial charge is 0.320 e. The van der Waals surface area contributed by atoms with Crippen LogP contribution in [-0.2, 0) is 6.42 Å². The minimum absolute atomic E-state index is 0.170. The Morgan fingerprint density at radius 3 is 2.65 bits per heavy atom. The van der Waals surface area contributed by atoms with Gasteiger partial charge in [0.15, 0.2) is 0 Å². The number of rotatable bonds is 7. The Morgan fingerprint density at radius 1 is 1.24 bits per heavy atom. The van der Waals surface area contributed by atoms with E-state index in [1.165, 1.54) is 18.9 Å². The molecule has 0 unspecified atom stereocenters. The zero-order valence-corrected chi connectivity index (χ0v) is 12.4. The first-order valence-corrected chi connectivity index (χ1v) is 7.10. The maximum absolute atomic E-state index is 13.6. The molecule has 1 nitrogen and oxygen atoms in total. The van der Waals surface area contributed by atoms with E-state index in [9.17, 15) is 4.39 Å². The molecule has 0 fully saturated rings. The summed E-state index contributed by atoms with van der Waals surface area (Å²) in [6.07, 6.45) is 5.28. The lowest BCUT2D eigenvalue weighted by atomic mass is 10.1. The van der Waals surface area contributed by atoms with Gasteiger partial charge in [-0.15, -0.1) is 0 Å². The quantitative estimate of drug-likeness (QED) is 0.573. The molecular weight excluding hydrogens is 305 g/mol. The summed E-state index contributed by atoms with van der Waals surface area (Å²) in [6, 6.07) is 3.16. The van der Waals surface area contributed by atoms with Crippen LogP contribution in [-0.4, -0.2) is 13.6 Å². The number of nitrogens with one attached hydrogen (secondary N) is 1. The lowest BCUT2D eigenvalue weighted by Crippen LogP contribution is -2.06. The van der Waals surface area contributed by atoms with E-state index in [2.05, 4.69) is 21.2 Å². The average molecular weight is 323 g/mol.